The highest BCUT2D eigenvalue weighted by Gasteiger charge is 2.27. The van der Waals surface area contributed by atoms with Crippen molar-refractivity contribution in [2.45, 2.75) is 32.8 Å². The van der Waals surface area contributed by atoms with Crippen molar-refractivity contribution in [3.05, 3.63) is 59.2 Å². The van der Waals surface area contributed by atoms with Crippen molar-refractivity contribution in [2.24, 2.45) is 4.99 Å². The van der Waals surface area contributed by atoms with Gasteiger partial charge in [-0.25, -0.2) is 4.99 Å². The van der Waals surface area contributed by atoms with Gasteiger partial charge in [0.15, 0.2) is 17.5 Å². The maximum Gasteiger partial charge on any atom is 0.411 e. The molecular weight excluding hydrogens is 526 g/mol. The lowest BCUT2D eigenvalue weighted by Gasteiger charge is -2.13. The summed E-state index contributed by atoms with van der Waals surface area (Å²) in [5.41, 5.74) is 2.23. The van der Waals surface area contributed by atoms with E-state index in [1.807, 2.05) is 6.92 Å². The van der Waals surface area contributed by atoms with Crippen LogP contribution in [0.15, 0.2) is 47.5 Å². The van der Waals surface area contributed by atoms with E-state index < -0.39 is 12.8 Å². The van der Waals surface area contributed by atoms with Crippen molar-refractivity contribution in [1.29, 1.82) is 0 Å². The standard InChI is InChI=1S/C21H26F3N3O3.HI/c1-3-25-20(27-12-17-5-4-6-18(29-2)19(17)28)26-11-15-7-9-16(10-8-15)13-30-14-21(22,23)24;/h4-10,28H,3,11-14H2,1-2H3,(H2,25,26,27);1H. The predicted molar refractivity (Wildman–Crippen MR) is 124 cm³/mol. The summed E-state index contributed by atoms with van der Waals surface area (Å²) in [6, 6.07) is 12.3. The maximum atomic E-state index is 12.1. The Morgan fingerprint density at radius 1 is 1.06 bits per heavy atom. The fourth-order valence-electron chi connectivity index (χ4n) is 2.59. The maximum absolute atomic E-state index is 12.1. The van der Waals surface area contributed by atoms with Crippen LogP contribution in [0, 0.1) is 0 Å². The van der Waals surface area contributed by atoms with Crippen LogP contribution in [0.5, 0.6) is 11.5 Å². The highest BCUT2D eigenvalue weighted by atomic mass is 127. The average Bonchev–Trinajstić information content (AvgIpc) is 2.71. The van der Waals surface area contributed by atoms with Crippen molar-refractivity contribution < 1.29 is 27.8 Å². The number of ether oxygens (including phenoxy) is 2. The molecule has 0 spiro atoms. The fraction of sp³-hybridized carbons (Fsp3) is 0.381. The van der Waals surface area contributed by atoms with Gasteiger partial charge in [-0.1, -0.05) is 36.4 Å². The highest BCUT2D eigenvalue weighted by Crippen LogP contribution is 2.29. The summed E-state index contributed by atoms with van der Waals surface area (Å²) in [5.74, 6) is 1.04. The molecule has 0 saturated carbocycles. The van der Waals surface area contributed by atoms with Gasteiger partial charge in [-0.15, -0.1) is 24.0 Å². The molecule has 0 aromatic heterocycles. The number of alkyl halides is 3. The Hall–Kier alpha value is -2.21. The first kappa shape index (κ1) is 26.8. The smallest absolute Gasteiger partial charge is 0.411 e. The molecule has 0 aliphatic heterocycles. The van der Waals surface area contributed by atoms with Crippen LogP contribution in [0.1, 0.15) is 23.6 Å². The first-order chi connectivity index (χ1) is 14.3. The van der Waals surface area contributed by atoms with E-state index in [9.17, 15) is 18.3 Å². The second kappa shape index (κ2) is 13.3. The summed E-state index contributed by atoms with van der Waals surface area (Å²) in [6.07, 6.45) is -4.33. The van der Waals surface area contributed by atoms with Gasteiger partial charge < -0.3 is 25.2 Å². The van der Waals surface area contributed by atoms with Crippen molar-refractivity contribution in [3.8, 4) is 11.5 Å². The predicted octanol–water partition coefficient (Wildman–Crippen LogP) is 4.35. The molecule has 0 atom stereocenters. The Bertz CT molecular complexity index is 831. The van der Waals surface area contributed by atoms with Gasteiger partial charge in [-0.2, -0.15) is 13.2 Å². The Balaban J connectivity index is 0.00000480. The van der Waals surface area contributed by atoms with Crippen LogP contribution in [0.4, 0.5) is 13.2 Å². The van der Waals surface area contributed by atoms with E-state index in [-0.39, 0.29) is 36.3 Å². The monoisotopic (exact) mass is 553 g/mol. The first-order valence-corrected chi connectivity index (χ1v) is 9.41. The number of methoxy groups -OCH3 is 1. The summed E-state index contributed by atoms with van der Waals surface area (Å²) < 4.78 is 46.1. The van der Waals surface area contributed by atoms with E-state index in [1.165, 1.54) is 7.11 Å². The zero-order valence-corrected chi connectivity index (χ0v) is 19.7. The lowest BCUT2D eigenvalue weighted by atomic mass is 10.1. The van der Waals surface area contributed by atoms with Crippen LogP contribution in [0.3, 0.4) is 0 Å². The highest BCUT2D eigenvalue weighted by molar-refractivity contribution is 14.0. The number of nitrogens with zero attached hydrogens (tertiary/aromatic N) is 1. The van der Waals surface area contributed by atoms with E-state index in [2.05, 4.69) is 20.4 Å². The summed E-state index contributed by atoms with van der Waals surface area (Å²) in [4.78, 5) is 4.50. The van der Waals surface area contributed by atoms with E-state index >= 15 is 0 Å². The third-order valence-electron chi connectivity index (χ3n) is 4.07. The molecule has 10 heteroatoms. The van der Waals surface area contributed by atoms with E-state index in [4.69, 9.17) is 4.74 Å². The number of guanidine groups is 1. The van der Waals surface area contributed by atoms with Gasteiger partial charge in [-0.3, -0.25) is 0 Å². The van der Waals surface area contributed by atoms with Crippen LogP contribution in [0.2, 0.25) is 0 Å². The van der Waals surface area contributed by atoms with Crippen molar-refractivity contribution in [1.82, 2.24) is 10.6 Å². The molecule has 0 saturated heterocycles. The number of aromatic hydroxyl groups is 1. The summed E-state index contributed by atoms with van der Waals surface area (Å²) in [7, 11) is 1.49. The molecule has 0 fully saturated rings. The Morgan fingerprint density at radius 3 is 2.35 bits per heavy atom. The Morgan fingerprint density at radius 2 is 1.74 bits per heavy atom. The number of para-hydroxylation sites is 1. The molecule has 2 rings (SSSR count). The summed E-state index contributed by atoms with van der Waals surface area (Å²) >= 11 is 0. The van der Waals surface area contributed by atoms with Crippen LogP contribution in [-0.4, -0.2) is 37.5 Å². The molecule has 0 heterocycles. The van der Waals surface area contributed by atoms with Crippen molar-refractivity contribution >= 4 is 29.9 Å². The average molecular weight is 553 g/mol. The normalized spacial score (nSPS) is 11.6. The molecule has 0 bridgehead atoms. The molecule has 31 heavy (non-hydrogen) atoms. The lowest BCUT2D eigenvalue weighted by Crippen LogP contribution is -2.36. The molecule has 0 unspecified atom stereocenters. The number of hydrogen-bond acceptors (Lipinski definition) is 4. The zero-order valence-electron chi connectivity index (χ0n) is 17.3. The van der Waals surface area contributed by atoms with Crippen LogP contribution >= 0.6 is 24.0 Å². The van der Waals surface area contributed by atoms with Crippen LogP contribution in [-0.2, 0) is 24.4 Å². The number of phenolic OH excluding ortho intramolecular Hbond substituents is 1. The Labute approximate surface area is 196 Å². The molecule has 3 N–H and O–H groups in total. The SMILES string of the molecule is CCNC(=NCc1ccc(COCC(F)(F)F)cc1)NCc1cccc(OC)c1O.I. The van der Waals surface area contributed by atoms with E-state index in [0.29, 0.717) is 42.5 Å². The molecule has 0 radical (unpaired) electrons. The summed E-state index contributed by atoms with van der Waals surface area (Å²) in [5, 5.41) is 16.4. The largest absolute Gasteiger partial charge is 0.504 e. The number of phenols is 1. The molecule has 0 aliphatic carbocycles. The van der Waals surface area contributed by atoms with Gasteiger partial charge >= 0.3 is 6.18 Å². The Kier molecular flexibility index (Phi) is 11.5. The molecule has 172 valence electrons. The second-order valence-electron chi connectivity index (χ2n) is 6.44. The summed E-state index contributed by atoms with van der Waals surface area (Å²) in [6.45, 7) is 1.96. The van der Waals surface area contributed by atoms with Crippen molar-refractivity contribution in [3.63, 3.8) is 0 Å². The molecular formula is C21H27F3IN3O3. The van der Waals surface area contributed by atoms with Gasteiger partial charge in [0.1, 0.15) is 6.61 Å². The molecule has 6 nitrogen and oxygen atoms in total. The number of aliphatic imine (C=N–C) groups is 1. The number of rotatable bonds is 9. The number of nitrogens with one attached hydrogen (secondary N) is 2. The number of benzene rings is 2. The van der Waals surface area contributed by atoms with Gasteiger partial charge in [0.25, 0.3) is 0 Å². The van der Waals surface area contributed by atoms with Crippen molar-refractivity contribution in [2.75, 3.05) is 20.3 Å². The lowest BCUT2D eigenvalue weighted by molar-refractivity contribution is -0.176. The minimum atomic E-state index is -4.33. The topological polar surface area (TPSA) is 75.1 Å². The minimum Gasteiger partial charge on any atom is -0.504 e. The quantitative estimate of drug-likeness (QED) is 0.245. The third kappa shape index (κ3) is 9.64. The number of hydrogen-bond donors (Lipinski definition) is 3. The van der Waals surface area contributed by atoms with E-state index in [1.54, 1.807) is 42.5 Å². The third-order valence-corrected chi connectivity index (χ3v) is 4.07. The van der Waals surface area contributed by atoms with Gasteiger partial charge in [0, 0.05) is 18.7 Å². The molecule has 2 aromatic carbocycles. The zero-order chi connectivity index (χ0) is 22.0. The molecule has 2 aromatic rings. The van der Waals surface area contributed by atoms with Gasteiger partial charge in [0.05, 0.1) is 20.3 Å². The molecule has 0 amide bonds. The molecule has 0 aliphatic rings. The minimum absolute atomic E-state index is 0. The van der Waals surface area contributed by atoms with Gasteiger partial charge in [-0.05, 0) is 24.1 Å². The van der Waals surface area contributed by atoms with Crippen LogP contribution in [0.25, 0.3) is 0 Å². The van der Waals surface area contributed by atoms with Gasteiger partial charge in [0.2, 0.25) is 0 Å². The number of halogens is 4. The van der Waals surface area contributed by atoms with E-state index in [0.717, 1.165) is 5.56 Å². The first-order valence-electron chi connectivity index (χ1n) is 9.41. The fourth-order valence-corrected chi connectivity index (χ4v) is 2.59. The second-order valence-corrected chi connectivity index (χ2v) is 6.44. The van der Waals surface area contributed by atoms with Crippen LogP contribution < -0.4 is 15.4 Å².